The molecule has 2 aromatic heterocycles. The van der Waals surface area contributed by atoms with Crippen LogP contribution in [0.25, 0.3) is 4.96 Å². The van der Waals surface area contributed by atoms with Gasteiger partial charge >= 0.3 is 0 Å². The van der Waals surface area contributed by atoms with E-state index in [1.54, 1.807) is 18.3 Å². The summed E-state index contributed by atoms with van der Waals surface area (Å²) in [7, 11) is 1.50. The Morgan fingerprint density at radius 3 is 2.73 bits per heavy atom. The Morgan fingerprint density at radius 1 is 1.27 bits per heavy atom. The van der Waals surface area contributed by atoms with Gasteiger partial charge in [0.2, 0.25) is 0 Å². The molecule has 1 aliphatic rings. The number of rotatable bonds is 5. The van der Waals surface area contributed by atoms with E-state index in [1.165, 1.54) is 34.9 Å². The molecule has 156 valence electrons. The second kappa shape index (κ2) is 8.20. The molecule has 3 heterocycles. The molecule has 1 amide bonds. The van der Waals surface area contributed by atoms with E-state index in [2.05, 4.69) is 20.1 Å². The standard InChI is InChI=1S/C19H20N6O4S/c1-20-18(27)15-11-14(25(28)29)2-3-16(15)23-6-4-22(5-7-23)12-13-10-17(26)24-8-9-30-19(24)21-13/h2-3,8-11H,4-7,12H2,1H3,(H,20,27). The Kier molecular flexibility index (Phi) is 5.46. The fraction of sp³-hybridized carbons (Fsp3) is 0.316. The molecular formula is C19H20N6O4S. The zero-order valence-corrected chi connectivity index (χ0v) is 17.1. The number of piperazine rings is 1. The van der Waals surface area contributed by atoms with Gasteiger partial charge in [0.25, 0.3) is 17.2 Å². The molecule has 11 heteroatoms. The van der Waals surface area contributed by atoms with Gasteiger partial charge in [0, 0.05) is 69.5 Å². The zero-order chi connectivity index (χ0) is 21.3. The number of amides is 1. The molecule has 1 aliphatic heterocycles. The van der Waals surface area contributed by atoms with Crippen molar-refractivity contribution in [1.29, 1.82) is 0 Å². The molecule has 0 aliphatic carbocycles. The van der Waals surface area contributed by atoms with Gasteiger partial charge in [0.05, 0.1) is 21.9 Å². The van der Waals surface area contributed by atoms with E-state index in [0.29, 0.717) is 30.3 Å². The minimum absolute atomic E-state index is 0.0871. The van der Waals surface area contributed by atoms with Crippen LogP contribution in [0, 0.1) is 10.1 Å². The average Bonchev–Trinajstić information content (AvgIpc) is 3.22. The van der Waals surface area contributed by atoms with Crippen LogP contribution in [-0.4, -0.2) is 58.3 Å². The van der Waals surface area contributed by atoms with Crippen LogP contribution >= 0.6 is 11.3 Å². The molecule has 1 fully saturated rings. The maximum Gasteiger partial charge on any atom is 0.270 e. The fourth-order valence-corrected chi connectivity index (χ4v) is 4.31. The van der Waals surface area contributed by atoms with Gasteiger partial charge in [-0.1, -0.05) is 0 Å². The molecule has 1 aromatic carbocycles. The molecule has 1 saturated heterocycles. The number of anilines is 1. The summed E-state index contributed by atoms with van der Waals surface area (Å²) in [6.45, 7) is 3.31. The number of non-ortho nitro benzene ring substituents is 1. The van der Waals surface area contributed by atoms with Crippen LogP contribution in [0.3, 0.4) is 0 Å². The summed E-state index contributed by atoms with van der Waals surface area (Å²) in [5.41, 5.74) is 1.50. The summed E-state index contributed by atoms with van der Waals surface area (Å²) >= 11 is 1.42. The minimum Gasteiger partial charge on any atom is -0.368 e. The van der Waals surface area contributed by atoms with Gasteiger partial charge in [-0.05, 0) is 6.07 Å². The Hall–Kier alpha value is -3.31. The summed E-state index contributed by atoms with van der Waals surface area (Å²) in [5, 5.41) is 15.5. The van der Waals surface area contributed by atoms with E-state index in [-0.39, 0.29) is 22.7 Å². The molecule has 3 aromatic rings. The van der Waals surface area contributed by atoms with Gasteiger partial charge in [-0.2, -0.15) is 0 Å². The Bertz CT molecular complexity index is 1170. The lowest BCUT2D eigenvalue weighted by atomic mass is 10.1. The van der Waals surface area contributed by atoms with Gasteiger partial charge in [0.1, 0.15) is 0 Å². The first-order valence-electron chi connectivity index (χ1n) is 9.40. The van der Waals surface area contributed by atoms with E-state index in [1.807, 2.05) is 5.38 Å². The lowest BCUT2D eigenvalue weighted by Crippen LogP contribution is -2.46. The number of benzene rings is 1. The largest absolute Gasteiger partial charge is 0.368 e. The second-order valence-electron chi connectivity index (χ2n) is 6.94. The average molecular weight is 428 g/mol. The van der Waals surface area contributed by atoms with E-state index >= 15 is 0 Å². The van der Waals surface area contributed by atoms with Gasteiger partial charge in [-0.25, -0.2) is 4.98 Å². The lowest BCUT2D eigenvalue weighted by Gasteiger charge is -2.36. The van der Waals surface area contributed by atoms with Crippen LogP contribution in [0.15, 0.2) is 40.6 Å². The van der Waals surface area contributed by atoms with Crippen molar-refractivity contribution < 1.29 is 9.72 Å². The number of carbonyl (C=O) groups is 1. The Labute approximate surface area is 175 Å². The summed E-state index contributed by atoms with van der Waals surface area (Å²) in [4.78, 5) is 44.5. The number of fused-ring (bicyclic) bond motifs is 1. The molecule has 0 spiro atoms. The summed E-state index contributed by atoms with van der Waals surface area (Å²) in [6, 6.07) is 5.92. The molecular weight excluding hydrogens is 408 g/mol. The molecule has 0 atom stereocenters. The van der Waals surface area contributed by atoms with Crippen LogP contribution in [0.4, 0.5) is 11.4 Å². The number of aromatic nitrogens is 2. The first-order valence-corrected chi connectivity index (χ1v) is 10.3. The molecule has 0 saturated carbocycles. The Morgan fingerprint density at radius 2 is 2.03 bits per heavy atom. The van der Waals surface area contributed by atoms with Crippen molar-refractivity contribution in [2.24, 2.45) is 0 Å². The minimum atomic E-state index is -0.506. The Balaban J connectivity index is 1.48. The van der Waals surface area contributed by atoms with Crippen LogP contribution in [0.5, 0.6) is 0 Å². The predicted molar refractivity (Wildman–Crippen MR) is 113 cm³/mol. The van der Waals surface area contributed by atoms with Crippen LogP contribution in [0.2, 0.25) is 0 Å². The molecule has 0 bridgehead atoms. The first kappa shape index (κ1) is 20.0. The number of hydrogen-bond acceptors (Lipinski definition) is 8. The number of nitro groups is 1. The number of thiazole rings is 1. The van der Waals surface area contributed by atoms with E-state index in [9.17, 15) is 19.7 Å². The summed E-state index contributed by atoms with van der Waals surface area (Å²) in [6.07, 6.45) is 1.71. The van der Waals surface area contributed by atoms with Crippen molar-refractivity contribution in [3.8, 4) is 0 Å². The van der Waals surface area contributed by atoms with Gasteiger partial charge < -0.3 is 10.2 Å². The van der Waals surface area contributed by atoms with Crippen molar-refractivity contribution in [2.45, 2.75) is 6.54 Å². The molecule has 1 N–H and O–H groups in total. The molecule has 10 nitrogen and oxygen atoms in total. The number of nitrogens with zero attached hydrogens (tertiary/aromatic N) is 5. The quantitative estimate of drug-likeness (QED) is 0.482. The fourth-order valence-electron chi connectivity index (χ4n) is 3.57. The summed E-state index contributed by atoms with van der Waals surface area (Å²) in [5.74, 6) is -0.356. The number of nitrogens with one attached hydrogen (secondary N) is 1. The van der Waals surface area contributed by atoms with Gasteiger partial charge in [0.15, 0.2) is 4.96 Å². The van der Waals surface area contributed by atoms with Crippen molar-refractivity contribution in [3.05, 3.63) is 67.6 Å². The van der Waals surface area contributed by atoms with Gasteiger partial charge in [-0.15, -0.1) is 11.3 Å². The van der Waals surface area contributed by atoms with Crippen molar-refractivity contribution in [3.63, 3.8) is 0 Å². The predicted octanol–water partition coefficient (Wildman–Crippen LogP) is 1.35. The van der Waals surface area contributed by atoms with Crippen molar-refractivity contribution >= 4 is 33.6 Å². The van der Waals surface area contributed by atoms with Crippen LogP contribution in [0.1, 0.15) is 16.1 Å². The third-order valence-electron chi connectivity index (χ3n) is 5.12. The van der Waals surface area contributed by atoms with Crippen LogP contribution in [-0.2, 0) is 6.54 Å². The SMILES string of the molecule is CNC(=O)c1cc([N+](=O)[O-])ccc1N1CCN(Cc2cc(=O)n3ccsc3n2)CC1. The number of carbonyl (C=O) groups excluding carboxylic acids is 1. The van der Waals surface area contributed by atoms with Crippen molar-refractivity contribution in [1.82, 2.24) is 19.6 Å². The van der Waals surface area contributed by atoms with Gasteiger partial charge in [-0.3, -0.25) is 29.0 Å². The normalized spacial score (nSPS) is 14.8. The highest BCUT2D eigenvalue weighted by Gasteiger charge is 2.24. The monoisotopic (exact) mass is 428 g/mol. The number of hydrogen-bond donors (Lipinski definition) is 1. The van der Waals surface area contributed by atoms with Crippen LogP contribution < -0.4 is 15.8 Å². The molecule has 30 heavy (non-hydrogen) atoms. The third kappa shape index (κ3) is 3.89. The third-order valence-corrected chi connectivity index (χ3v) is 5.87. The van der Waals surface area contributed by atoms with E-state index < -0.39 is 4.92 Å². The smallest absolute Gasteiger partial charge is 0.270 e. The maximum absolute atomic E-state index is 12.3. The number of nitro benzene ring substituents is 1. The van der Waals surface area contributed by atoms with E-state index in [0.717, 1.165) is 18.8 Å². The maximum atomic E-state index is 12.3. The molecule has 0 unspecified atom stereocenters. The van der Waals surface area contributed by atoms with Crippen molar-refractivity contribution in [2.75, 3.05) is 38.1 Å². The lowest BCUT2D eigenvalue weighted by molar-refractivity contribution is -0.384. The van der Waals surface area contributed by atoms with E-state index in [4.69, 9.17) is 0 Å². The topological polar surface area (TPSA) is 113 Å². The molecule has 4 rings (SSSR count). The summed E-state index contributed by atoms with van der Waals surface area (Å²) < 4.78 is 1.53. The first-order chi connectivity index (χ1) is 14.5. The highest BCUT2D eigenvalue weighted by atomic mass is 32.1. The second-order valence-corrected chi connectivity index (χ2v) is 7.82. The highest BCUT2D eigenvalue weighted by Crippen LogP contribution is 2.27. The highest BCUT2D eigenvalue weighted by molar-refractivity contribution is 7.15. The molecule has 0 radical (unpaired) electrons. The zero-order valence-electron chi connectivity index (χ0n) is 16.3.